The van der Waals surface area contributed by atoms with E-state index in [1.165, 1.54) is 5.56 Å². The fourth-order valence-corrected chi connectivity index (χ4v) is 2.48. The molecule has 0 aliphatic carbocycles. The largest absolute Gasteiger partial charge is 0.497 e. The summed E-state index contributed by atoms with van der Waals surface area (Å²) in [4.78, 5) is 0. The zero-order valence-electron chi connectivity index (χ0n) is 11.7. The van der Waals surface area contributed by atoms with Gasteiger partial charge in [-0.25, -0.2) is 0 Å². The lowest BCUT2D eigenvalue weighted by atomic mass is 10.1. The normalized spacial score (nSPS) is 12.2. The van der Waals surface area contributed by atoms with Gasteiger partial charge in [-0.1, -0.05) is 13.0 Å². The predicted octanol–water partition coefficient (Wildman–Crippen LogP) is 3.11. The van der Waals surface area contributed by atoms with E-state index in [-0.39, 0.29) is 0 Å². The van der Waals surface area contributed by atoms with Crippen LogP contribution in [0.3, 0.4) is 0 Å². The van der Waals surface area contributed by atoms with E-state index in [2.05, 4.69) is 24.6 Å². The summed E-state index contributed by atoms with van der Waals surface area (Å²) in [6.07, 6.45) is 3.25. The molecule has 0 aliphatic rings. The van der Waals surface area contributed by atoms with Crippen LogP contribution in [0.1, 0.15) is 24.9 Å². The molecule has 102 valence electrons. The Labute approximate surface area is 114 Å². The van der Waals surface area contributed by atoms with Crippen molar-refractivity contribution < 1.29 is 9.47 Å². The van der Waals surface area contributed by atoms with Crippen molar-refractivity contribution in [3.63, 3.8) is 0 Å². The minimum absolute atomic E-state index is 0.320. The third-order valence-electron chi connectivity index (χ3n) is 2.79. The second-order valence-corrected chi connectivity index (χ2v) is 4.98. The standard InChI is InChI=1S/C14H23NO2S/c1-5-8-15-13(10-18-4)12-7-6-11(16-2)9-14(12)17-3/h6-7,9,13,15H,5,8,10H2,1-4H3. The number of methoxy groups -OCH3 is 2. The summed E-state index contributed by atoms with van der Waals surface area (Å²) >= 11 is 1.83. The van der Waals surface area contributed by atoms with E-state index in [0.717, 1.165) is 30.2 Å². The lowest BCUT2D eigenvalue weighted by Gasteiger charge is -2.21. The van der Waals surface area contributed by atoms with Crippen molar-refractivity contribution in [3.8, 4) is 11.5 Å². The molecular weight excluding hydrogens is 246 g/mol. The lowest BCUT2D eigenvalue weighted by molar-refractivity contribution is 0.386. The van der Waals surface area contributed by atoms with Gasteiger partial charge < -0.3 is 14.8 Å². The Morgan fingerprint density at radius 1 is 1.28 bits per heavy atom. The highest BCUT2D eigenvalue weighted by Crippen LogP contribution is 2.30. The first kappa shape index (κ1) is 15.2. The van der Waals surface area contributed by atoms with Gasteiger partial charge in [0.25, 0.3) is 0 Å². The van der Waals surface area contributed by atoms with Crippen molar-refractivity contribution in [2.75, 3.05) is 32.8 Å². The summed E-state index contributed by atoms with van der Waals surface area (Å²) in [7, 11) is 3.37. The molecule has 1 aromatic carbocycles. The fourth-order valence-electron chi connectivity index (χ4n) is 1.85. The Morgan fingerprint density at radius 3 is 2.61 bits per heavy atom. The number of hydrogen-bond acceptors (Lipinski definition) is 4. The topological polar surface area (TPSA) is 30.5 Å². The van der Waals surface area contributed by atoms with Crippen molar-refractivity contribution in [1.82, 2.24) is 5.32 Å². The van der Waals surface area contributed by atoms with E-state index in [1.807, 2.05) is 23.9 Å². The number of ether oxygens (including phenoxy) is 2. The molecule has 0 saturated heterocycles. The highest BCUT2D eigenvalue weighted by molar-refractivity contribution is 7.98. The Morgan fingerprint density at radius 2 is 2.06 bits per heavy atom. The molecule has 1 atom stereocenters. The third kappa shape index (κ3) is 4.10. The molecule has 0 spiro atoms. The number of benzene rings is 1. The number of hydrogen-bond donors (Lipinski definition) is 1. The minimum Gasteiger partial charge on any atom is -0.497 e. The maximum absolute atomic E-state index is 5.47. The molecule has 1 N–H and O–H groups in total. The molecule has 1 aromatic rings. The Bertz CT molecular complexity index is 358. The summed E-state index contributed by atoms with van der Waals surface area (Å²) in [6.45, 7) is 3.19. The molecule has 4 heteroatoms. The van der Waals surface area contributed by atoms with E-state index in [1.54, 1.807) is 14.2 Å². The first-order valence-corrected chi connectivity index (χ1v) is 7.60. The van der Waals surface area contributed by atoms with Gasteiger partial charge in [0.15, 0.2) is 0 Å². The summed E-state index contributed by atoms with van der Waals surface area (Å²) in [5.41, 5.74) is 1.20. The SMILES string of the molecule is CCCNC(CSC)c1ccc(OC)cc1OC. The second-order valence-electron chi connectivity index (χ2n) is 4.07. The van der Waals surface area contributed by atoms with E-state index in [0.29, 0.717) is 6.04 Å². The smallest absolute Gasteiger partial charge is 0.127 e. The van der Waals surface area contributed by atoms with Gasteiger partial charge in [0.1, 0.15) is 11.5 Å². The van der Waals surface area contributed by atoms with Crippen LogP contribution in [0.4, 0.5) is 0 Å². The van der Waals surface area contributed by atoms with Crippen LogP contribution in [0.15, 0.2) is 18.2 Å². The van der Waals surface area contributed by atoms with Crippen LogP contribution >= 0.6 is 11.8 Å². The fraction of sp³-hybridized carbons (Fsp3) is 0.571. The minimum atomic E-state index is 0.320. The van der Waals surface area contributed by atoms with Crippen LogP contribution in [-0.4, -0.2) is 32.8 Å². The van der Waals surface area contributed by atoms with Crippen molar-refractivity contribution in [2.45, 2.75) is 19.4 Å². The van der Waals surface area contributed by atoms with Crippen molar-refractivity contribution in [2.24, 2.45) is 0 Å². The van der Waals surface area contributed by atoms with Crippen LogP contribution in [0.25, 0.3) is 0 Å². The number of thioether (sulfide) groups is 1. The molecule has 3 nitrogen and oxygen atoms in total. The van der Waals surface area contributed by atoms with E-state index < -0.39 is 0 Å². The zero-order valence-corrected chi connectivity index (χ0v) is 12.5. The molecule has 0 heterocycles. The molecule has 18 heavy (non-hydrogen) atoms. The average Bonchev–Trinajstić information content (AvgIpc) is 2.42. The first-order valence-electron chi connectivity index (χ1n) is 6.21. The first-order chi connectivity index (χ1) is 8.76. The highest BCUT2D eigenvalue weighted by atomic mass is 32.2. The van der Waals surface area contributed by atoms with Gasteiger partial charge in [-0.15, -0.1) is 0 Å². The van der Waals surface area contributed by atoms with Crippen molar-refractivity contribution in [3.05, 3.63) is 23.8 Å². The van der Waals surface area contributed by atoms with Crippen LogP contribution in [0.2, 0.25) is 0 Å². The van der Waals surface area contributed by atoms with Crippen LogP contribution in [-0.2, 0) is 0 Å². The summed E-state index contributed by atoms with van der Waals surface area (Å²) in [6, 6.07) is 6.33. The molecule has 0 saturated carbocycles. The summed E-state index contributed by atoms with van der Waals surface area (Å²) in [5, 5.41) is 3.56. The highest BCUT2D eigenvalue weighted by Gasteiger charge is 2.15. The summed E-state index contributed by atoms with van der Waals surface area (Å²) in [5.74, 6) is 2.74. The van der Waals surface area contributed by atoms with Crippen LogP contribution in [0.5, 0.6) is 11.5 Å². The van der Waals surface area contributed by atoms with Crippen molar-refractivity contribution in [1.29, 1.82) is 0 Å². The van der Waals surface area contributed by atoms with E-state index in [4.69, 9.17) is 9.47 Å². The molecule has 0 fully saturated rings. The number of nitrogens with one attached hydrogen (secondary N) is 1. The number of rotatable bonds is 8. The molecule has 0 radical (unpaired) electrons. The maximum atomic E-state index is 5.47. The average molecular weight is 269 g/mol. The van der Waals surface area contributed by atoms with E-state index >= 15 is 0 Å². The van der Waals surface area contributed by atoms with Gasteiger partial charge in [0.2, 0.25) is 0 Å². The maximum Gasteiger partial charge on any atom is 0.127 e. The molecule has 1 unspecified atom stereocenters. The Balaban J connectivity index is 2.94. The van der Waals surface area contributed by atoms with E-state index in [9.17, 15) is 0 Å². The van der Waals surface area contributed by atoms with Gasteiger partial charge in [0.05, 0.1) is 14.2 Å². The van der Waals surface area contributed by atoms with Crippen LogP contribution < -0.4 is 14.8 Å². The van der Waals surface area contributed by atoms with Gasteiger partial charge in [-0.2, -0.15) is 11.8 Å². The van der Waals surface area contributed by atoms with Crippen LogP contribution in [0, 0.1) is 0 Å². The molecule has 0 aliphatic heterocycles. The third-order valence-corrected chi connectivity index (χ3v) is 3.46. The second kappa shape index (κ2) is 8.27. The quantitative estimate of drug-likeness (QED) is 0.785. The van der Waals surface area contributed by atoms with Gasteiger partial charge in [-0.05, 0) is 25.3 Å². The molecule has 0 bridgehead atoms. The molecule has 1 rings (SSSR count). The van der Waals surface area contributed by atoms with Gasteiger partial charge in [-0.3, -0.25) is 0 Å². The Hall–Kier alpha value is -0.870. The molecular formula is C14H23NO2S. The zero-order chi connectivity index (χ0) is 13.4. The molecule has 0 amide bonds. The summed E-state index contributed by atoms with van der Waals surface area (Å²) < 4.78 is 10.7. The lowest BCUT2D eigenvalue weighted by Crippen LogP contribution is -2.24. The monoisotopic (exact) mass is 269 g/mol. The Kier molecular flexibility index (Phi) is 6.98. The van der Waals surface area contributed by atoms with Gasteiger partial charge >= 0.3 is 0 Å². The molecule has 0 aromatic heterocycles. The van der Waals surface area contributed by atoms with Gasteiger partial charge in [0, 0.05) is 23.4 Å². The van der Waals surface area contributed by atoms with Crippen molar-refractivity contribution >= 4 is 11.8 Å². The predicted molar refractivity (Wildman–Crippen MR) is 79.0 cm³/mol.